The molecule has 100 valence electrons. The summed E-state index contributed by atoms with van der Waals surface area (Å²) in [5.41, 5.74) is 5.79. The molecule has 0 aromatic rings. The Kier molecular flexibility index (Phi) is 3.26. The first-order valence-corrected chi connectivity index (χ1v) is 9.00. The van der Waals surface area contributed by atoms with Crippen molar-refractivity contribution in [1.82, 2.24) is 4.31 Å². The van der Waals surface area contributed by atoms with Gasteiger partial charge in [0.1, 0.15) is 0 Å². The zero-order valence-corrected chi connectivity index (χ0v) is 11.4. The number of nitrogens with two attached hydrogens (primary N) is 1. The second kappa shape index (κ2) is 4.18. The number of rotatable bonds is 2. The fraction of sp³-hybridized carbons (Fsp3) is 1.00. The molecular formula is C9H18N2O4S2. The summed E-state index contributed by atoms with van der Waals surface area (Å²) in [6.45, 7) is 2.62. The highest BCUT2D eigenvalue weighted by Crippen LogP contribution is 2.26. The molecule has 8 heteroatoms. The van der Waals surface area contributed by atoms with Crippen LogP contribution in [0.5, 0.6) is 0 Å². The SMILES string of the molecule is CC1CN(S(=O)(=O)C2CCS(=O)(=O)C2)CC1N. The van der Waals surface area contributed by atoms with Gasteiger partial charge in [-0.1, -0.05) is 6.92 Å². The number of hydrogen-bond donors (Lipinski definition) is 1. The van der Waals surface area contributed by atoms with E-state index in [0.717, 1.165) is 0 Å². The van der Waals surface area contributed by atoms with Crippen molar-refractivity contribution in [3.63, 3.8) is 0 Å². The van der Waals surface area contributed by atoms with Gasteiger partial charge in [0.25, 0.3) is 0 Å². The van der Waals surface area contributed by atoms with Crippen molar-refractivity contribution in [2.75, 3.05) is 24.6 Å². The Morgan fingerprint density at radius 2 is 1.94 bits per heavy atom. The Balaban J connectivity index is 2.16. The van der Waals surface area contributed by atoms with Crippen LogP contribution in [0.3, 0.4) is 0 Å². The van der Waals surface area contributed by atoms with Gasteiger partial charge in [-0.25, -0.2) is 16.8 Å². The van der Waals surface area contributed by atoms with E-state index >= 15 is 0 Å². The molecule has 3 atom stereocenters. The van der Waals surface area contributed by atoms with E-state index in [1.54, 1.807) is 0 Å². The maximum atomic E-state index is 12.2. The van der Waals surface area contributed by atoms with E-state index in [2.05, 4.69) is 0 Å². The lowest BCUT2D eigenvalue weighted by atomic mass is 10.1. The first-order chi connectivity index (χ1) is 7.72. The van der Waals surface area contributed by atoms with E-state index in [-0.39, 0.29) is 29.9 Å². The van der Waals surface area contributed by atoms with Crippen molar-refractivity contribution in [1.29, 1.82) is 0 Å². The molecule has 17 heavy (non-hydrogen) atoms. The van der Waals surface area contributed by atoms with Crippen LogP contribution in [0, 0.1) is 5.92 Å². The third-order valence-corrected chi connectivity index (χ3v) is 7.85. The monoisotopic (exact) mass is 282 g/mol. The molecule has 0 amide bonds. The second-order valence-electron chi connectivity index (χ2n) is 5.03. The van der Waals surface area contributed by atoms with Crippen molar-refractivity contribution < 1.29 is 16.8 Å². The minimum atomic E-state index is -3.50. The zero-order valence-electron chi connectivity index (χ0n) is 9.74. The molecule has 2 N–H and O–H groups in total. The van der Waals surface area contributed by atoms with E-state index in [1.807, 2.05) is 6.92 Å². The van der Waals surface area contributed by atoms with Crippen LogP contribution in [0.4, 0.5) is 0 Å². The predicted molar refractivity (Wildman–Crippen MR) is 64.7 cm³/mol. The lowest BCUT2D eigenvalue weighted by molar-refractivity contribution is 0.455. The molecule has 0 saturated carbocycles. The van der Waals surface area contributed by atoms with Crippen molar-refractivity contribution in [2.45, 2.75) is 24.6 Å². The standard InChI is InChI=1S/C9H18N2O4S2/c1-7-4-11(5-9(7)10)17(14,15)8-2-3-16(12,13)6-8/h7-9H,2-6,10H2,1H3. The van der Waals surface area contributed by atoms with Gasteiger partial charge in [-0.3, -0.25) is 0 Å². The summed E-state index contributed by atoms with van der Waals surface area (Å²) < 4.78 is 48.4. The Hall–Kier alpha value is -0.180. The van der Waals surface area contributed by atoms with Gasteiger partial charge in [-0.2, -0.15) is 4.31 Å². The summed E-state index contributed by atoms with van der Waals surface area (Å²) in [7, 11) is -6.67. The van der Waals surface area contributed by atoms with Crippen LogP contribution in [-0.4, -0.2) is 57.0 Å². The number of sulfone groups is 1. The molecule has 2 aliphatic heterocycles. The van der Waals surface area contributed by atoms with Crippen molar-refractivity contribution >= 4 is 19.9 Å². The Morgan fingerprint density at radius 3 is 2.35 bits per heavy atom. The molecule has 2 saturated heterocycles. The Morgan fingerprint density at radius 1 is 1.29 bits per heavy atom. The van der Waals surface area contributed by atoms with Gasteiger partial charge in [0.05, 0.1) is 16.8 Å². The normalized spacial score (nSPS) is 38.6. The van der Waals surface area contributed by atoms with Gasteiger partial charge in [-0.05, 0) is 12.3 Å². The number of nitrogens with zero attached hydrogens (tertiary/aromatic N) is 1. The molecule has 3 unspecified atom stereocenters. The van der Waals surface area contributed by atoms with Gasteiger partial charge in [0.2, 0.25) is 10.0 Å². The molecule has 2 fully saturated rings. The lowest BCUT2D eigenvalue weighted by Crippen LogP contribution is -2.39. The second-order valence-corrected chi connectivity index (χ2v) is 9.47. The van der Waals surface area contributed by atoms with Crippen LogP contribution in [0.1, 0.15) is 13.3 Å². The molecular weight excluding hydrogens is 264 g/mol. The summed E-state index contributed by atoms with van der Waals surface area (Å²) in [6.07, 6.45) is 0.213. The van der Waals surface area contributed by atoms with E-state index in [4.69, 9.17) is 5.73 Å². The van der Waals surface area contributed by atoms with Gasteiger partial charge in [-0.15, -0.1) is 0 Å². The van der Waals surface area contributed by atoms with Gasteiger partial charge in [0, 0.05) is 19.1 Å². The average Bonchev–Trinajstić information content (AvgIpc) is 2.72. The quantitative estimate of drug-likeness (QED) is 0.685. The van der Waals surface area contributed by atoms with E-state index < -0.39 is 25.1 Å². The molecule has 0 aromatic heterocycles. The Labute approximate surface area is 102 Å². The summed E-state index contributed by atoms with van der Waals surface area (Å²) >= 11 is 0. The molecule has 0 spiro atoms. The molecule has 2 heterocycles. The molecule has 0 aromatic carbocycles. The van der Waals surface area contributed by atoms with Crippen LogP contribution in [-0.2, 0) is 19.9 Å². The highest BCUT2D eigenvalue weighted by molar-refractivity contribution is 7.95. The van der Waals surface area contributed by atoms with Crippen LogP contribution in [0.25, 0.3) is 0 Å². The van der Waals surface area contributed by atoms with Crippen LogP contribution in [0.2, 0.25) is 0 Å². The van der Waals surface area contributed by atoms with E-state index in [0.29, 0.717) is 13.1 Å². The van der Waals surface area contributed by atoms with Crippen LogP contribution in [0.15, 0.2) is 0 Å². The highest BCUT2D eigenvalue weighted by Gasteiger charge is 2.43. The largest absolute Gasteiger partial charge is 0.326 e. The summed E-state index contributed by atoms with van der Waals surface area (Å²) in [4.78, 5) is 0. The smallest absolute Gasteiger partial charge is 0.218 e. The maximum absolute atomic E-state index is 12.2. The number of hydrogen-bond acceptors (Lipinski definition) is 5. The zero-order chi connectivity index (χ0) is 12.8. The Bertz CT molecular complexity index is 489. The third kappa shape index (κ3) is 2.49. The first-order valence-electron chi connectivity index (χ1n) is 5.67. The summed E-state index contributed by atoms with van der Waals surface area (Å²) in [6, 6.07) is -0.150. The fourth-order valence-electron chi connectivity index (χ4n) is 2.36. The third-order valence-electron chi connectivity index (χ3n) is 3.61. The minimum Gasteiger partial charge on any atom is -0.326 e. The summed E-state index contributed by atoms with van der Waals surface area (Å²) in [5.74, 6) is -0.135. The maximum Gasteiger partial charge on any atom is 0.218 e. The van der Waals surface area contributed by atoms with Crippen LogP contribution >= 0.6 is 0 Å². The molecule has 6 nitrogen and oxygen atoms in total. The average molecular weight is 282 g/mol. The van der Waals surface area contributed by atoms with E-state index in [1.165, 1.54) is 4.31 Å². The molecule has 2 aliphatic rings. The summed E-state index contributed by atoms with van der Waals surface area (Å²) in [5, 5.41) is -0.773. The lowest BCUT2D eigenvalue weighted by Gasteiger charge is -2.19. The van der Waals surface area contributed by atoms with Crippen LogP contribution < -0.4 is 5.73 Å². The highest BCUT2D eigenvalue weighted by atomic mass is 32.2. The molecule has 0 aliphatic carbocycles. The molecule has 0 bridgehead atoms. The van der Waals surface area contributed by atoms with E-state index in [9.17, 15) is 16.8 Å². The molecule has 0 radical (unpaired) electrons. The van der Waals surface area contributed by atoms with Gasteiger partial charge in [0.15, 0.2) is 9.84 Å². The predicted octanol–water partition coefficient (Wildman–Crippen LogP) is -1.22. The van der Waals surface area contributed by atoms with Crippen molar-refractivity contribution in [2.24, 2.45) is 11.7 Å². The molecule has 2 rings (SSSR count). The number of sulfonamides is 1. The van der Waals surface area contributed by atoms with Gasteiger partial charge >= 0.3 is 0 Å². The van der Waals surface area contributed by atoms with Crippen molar-refractivity contribution in [3.8, 4) is 0 Å². The first kappa shape index (κ1) is 13.3. The topological polar surface area (TPSA) is 97.5 Å². The minimum absolute atomic E-state index is 0.0215. The van der Waals surface area contributed by atoms with Gasteiger partial charge < -0.3 is 5.73 Å². The van der Waals surface area contributed by atoms with Crippen molar-refractivity contribution in [3.05, 3.63) is 0 Å². The fourth-order valence-corrected chi connectivity index (χ4v) is 7.02.